The second-order valence-electron chi connectivity index (χ2n) is 5.96. The third-order valence-electron chi connectivity index (χ3n) is 4.19. The maximum Gasteiger partial charge on any atom is 0.0511 e. The third-order valence-corrected chi connectivity index (χ3v) is 4.86. The Kier molecular flexibility index (Phi) is 4.32. The van der Waals surface area contributed by atoms with Gasteiger partial charge < -0.3 is 10.6 Å². The van der Waals surface area contributed by atoms with E-state index in [1.54, 1.807) is 0 Å². The molecule has 2 N–H and O–H groups in total. The van der Waals surface area contributed by atoms with E-state index in [1.807, 2.05) is 0 Å². The second-order valence-corrected chi connectivity index (χ2v) is 6.82. The molecule has 1 fully saturated rings. The van der Waals surface area contributed by atoms with E-state index in [0.717, 1.165) is 24.0 Å². The summed E-state index contributed by atoms with van der Waals surface area (Å²) in [7, 11) is 0. The van der Waals surface area contributed by atoms with Crippen molar-refractivity contribution in [2.45, 2.75) is 25.3 Å². The summed E-state index contributed by atoms with van der Waals surface area (Å²) in [5.74, 6) is 0.501. The van der Waals surface area contributed by atoms with Crippen molar-refractivity contribution in [1.82, 2.24) is 0 Å². The number of hydrogen-bond acceptors (Lipinski definition) is 2. The smallest absolute Gasteiger partial charge is 0.0511 e. The third kappa shape index (κ3) is 3.30. The Morgan fingerprint density at radius 3 is 2.67 bits per heavy atom. The average Bonchev–Trinajstić information content (AvgIpc) is 2.47. The molecule has 0 aliphatic carbocycles. The first-order valence-corrected chi connectivity index (χ1v) is 8.24. The van der Waals surface area contributed by atoms with Gasteiger partial charge in [-0.05, 0) is 47.0 Å². The van der Waals surface area contributed by atoms with E-state index < -0.39 is 0 Å². The first kappa shape index (κ1) is 14.6. The SMILES string of the molecule is Cc1cccc(C2CC(N)CN(c3ccccc3Br)C2)c1. The predicted molar refractivity (Wildman–Crippen MR) is 92.9 cm³/mol. The fourth-order valence-electron chi connectivity index (χ4n) is 3.21. The molecule has 3 rings (SSSR count). The minimum atomic E-state index is 0.219. The zero-order chi connectivity index (χ0) is 14.8. The summed E-state index contributed by atoms with van der Waals surface area (Å²) in [5, 5.41) is 0. The van der Waals surface area contributed by atoms with Crippen LogP contribution in [0.4, 0.5) is 5.69 Å². The molecule has 2 aromatic rings. The van der Waals surface area contributed by atoms with E-state index >= 15 is 0 Å². The molecule has 0 saturated carbocycles. The van der Waals surface area contributed by atoms with E-state index in [-0.39, 0.29) is 6.04 Å². The van der Waals surface area contributed by atoms with Crippen molar-refractivity contribution < 1.29 is 0 Å². The van der Waals surface area contributed by atoms with Crippen LogP contribution in [0.1, 0.15) is 23.5 Å². The molecule has 0 bridgehead atoms. The molecular formula is C18H21BrN2. The van der Waals surface area contributed by atoms with Crippen molar-refractivity contribution in [1.29, 1.82) is 0 Å². The van der Waals surface area contributed by atoms with Gasteiger partial charge in [-0.15, -0.1) is 0 Å². The fraction of sp³-hybridized carbons (Fsp3) is 0.333. The molecule has 110 valence electrons. The topological polar surface area (TPSA) is 29.3 Å². The van der Waals surface area contributed by atoms with Gasteiger partial charge in [0.1, 0.15) is 0 Å². The molecule has 0 radical (unpaired) electrons. The van der Waals surface area contributed by atoms with Gasteiger partial charge in [-0.1, -0.05) is 42.0 Å². The van der Waals surface area contributed by atoms with Crippen LogP contribution in [0, 0.1) is 6.92 Å². The van der Waals surface area contributed by atoms with Crippen molar-refractivity contribution in [3.63, 3.8) is 0 Å². The number of piperidine rings is 1. The van der Waals surface area contributed by atoms with Crippen LogP contribution in [0.25, 0.3) is 0 Å². The van der Waals surface area contributed by atoms with E-state index in [9.17, 15) is 0 Å². The lowest BCUT2D eigenvalue weighted by Gasteiger charge is -2.38. The van der Waals surface area contributed by atoms with Crippen molar-refractivity contribution in [2.75, 3.05) is 18.0 Å². The minimum absolute atomic E-state index is 0.219. The summed E-state index contributed by atoms with van der Waals surface area (Å²) in [6.45, 7) is 4.10. The highest BCUT2D eigenvalue weighted by Gasteiger charge is 2.27. The quantitative estimate of drug-likeness (QED) is 0.889. The molecule has 1 aliphatic rings. The number of hydrogen-bond donors (Lipinski definition) is 1. The highest BCUT2D eigenvalue weighted by atomic mass is 79.9. The number of benzene rings is 2. The molecule has 2 nitrogen and oxygen atoms in total. The lowest BCUT2D eigenvalue weighted by atomic mass is 9.87. The number of halogens is 1. The second kappa shape index (κ2) is 6.20. The number of nitrogens with zero attached hydrogens (tertiary/aromatic N) is 1. The molecule has 2 aromatic carbocycles. The van der Waals surface area contributed by atoms with Gasteiger partial charge in [-0.3, -0.25) is 0 Å². The number of nitrogens with two attached hydrogens (primary N) is 1. The molecule has 0 spiro atoms. The highest BCUT2D eigenvalue weighted by Crippen LogP contribution is 2.33. The lowest BCUT2D eigenvalue weighted by Crippen LogP contribution is -2.46. The van der Waals surface area contributed by atoms with Crippen LogP contribution in [0.15, 0.2) is 53.0 Å². The Morgan fingerprint density at radius 1 is 1.10 bits per heavy atom. The summed E-state index contributed by atoms with van der Waals surface area (Å²) in [4.78, 5) is 2.41. The van der Waals surface area contributed by atoms with Gasteiger partial charge >= 0.3 is 0 Å². The Labute approximate surface area is 135 Å². The van der Waals surface area contributed by atoms with Crippen LogP contribution in [-0.4, -0.2) is 19.1 Å². The van der Waals surface area contributed by atoms with E-state index in [4.69, 9.17) is 5.73 Å². The summed E-state index contributed by atoms with van der Waals surface area (Å²) in [5.41, 5.74) is 10.3. The van der Waals surface area contributed by atoms with Gasteiger partial charge in [0.15, 0.2) is 0 Å². The van der Waals surface area contributed by atoms with E-state index in [0.29, 0.717) is 5.92 Å². The normalized spacial score (nSPS) is 22.3. The van der Waals surface area contributed by atoms with Crippen LogP contribution in [0.3, 0.4) is 0 Å². The molecule has 21 heavy (non-hydrogen) atoms. The predicted octanol–water partition coefficient (Wildman–Crippen LogP) is 4.08. The Hall–Kier alpha value is -1.32. The maximum atomic E-state index is 6.32. The largest absolute Gasteiger partial charge is 0.368 e. The molecule has 3 heteroatoms. The fourth-order valence-corrected chi connectivity index (χ4v) is 3.74. The average molecular weight is 345 g/mol. The maximum absolute atomic E-state index is 6.32. The first-order valence-electron chi connectivity index (χ1n) is 7.45. The van der Waals surface area contributed by atoms with Gasteiger partial charge in [0.25, 0.3) is 0 Å². The molecule has 0 aromatic heterocycles. The first-order chi connectivity index (χ1) is 10.1. The summed E-state index contributed by atoms with van der Waals surface area (Å²) in [6.07, 6.45) is 1.06. The van der Waals surface area contributed by atoms with Crippen LogP contribution in [0.2, 0.25) is 0 Å². The van der Waals surface area contributed by atoms with Crippen molar-refractivity contribution in [3.05, 3.63) is 64.1 Å². The van der Waals surface area contributed by atoms with Crippen LogP contribution in [0.5, 0.6) is 0 Å². The Morgan fingerprint density at radius 2 is 1.90 bits per heavy atom. The van der Waals surface area contributed by atoms with Gasteiger partial charge in [-0.25, -0.2) is 0 Å². The Balaban J connectivity index is 1.87. The van der Waals surface area contributed by atoms with Crippen molar-refractivity contribution in [2.24, 2.45) is 5.73 Å². The van der Waals surface area contributed by atoms with Crippen molar-refractivity contribution >= 4 is 21.6 Å². The van der Waals surface area contributed by atoms with Gasteiger partial charge in [0.05, 0.1) is 5.69 Å². The van der Waals surface area contributed by atoms with Crippen LogP contribution < -0.4 is 10.6 Å². The number of rotatable bonds is 2. The zero-order valence-electron chi connectivity index (χ0n) is 12.3. The van der Waals surface area contributed by atoms with E-state index in [2.05, 4.69) is 76.3 Å². The van der Waals surface area contributed by atoms with Crippen LogP contribution >= 0.6 is 15.9 Å². The summed E-state index contributed by atoms with van der Waals surface area (Å²) >= 11 is 3.66. The van der Waals surface area contributed by atoms with Crippen LogP contribution in [-0.2, 0) is 0 Å². The summed E-state index contributed by atoms with van der Waals surface area (Å²) < 4.78 is 1.14. The lowest BCUT2D eigenvalue weighted by molar-refractivity contribution is 0.453. The number of aryl methyl sites for hydroxylation is 1. The molecule has 2 unspecified atom stereocenters. The van der Waals surface area contributed by atoms with Gasteiger partial charge in [-0.2, -0.15) is 0 Å². The molecule has 1 aliphatic heterocycles. The van der Waals surface area contributed by atoms with Gasteiger partial charge in [0, 0.05) is 29.5 Å². The standard InChI is InChI=1S/C18H21BrN2/c1-13-5-4-6-14(9-13)15-10-16(20)12-21(11-15)18-8-3-2-7-17(18)19/h2-9,15-16H,10-12,20H2,1H3. The van der Waals surface area contributed by atoms with E-state index in [1.165, 1.54) is 16.8 Å². The zero-order valence-corrected chi connectivity index (χ0v) is 13.9. The summed E-state index contributed by atoms with van der Waals surface area (Å²) in [6, 6.07) is 17.4. The molecule has 2 atom stereocenters. The number of anilines is 1. The monoisotopic (exact) mass is 344 g/mol. The molecule has 0 amide bonds. The van der Waals surface area contributed by atoms with Crippen molar-refractivity contribution in [3.8, 4) is 0 Å². The van der Waals surface area contributed by atoms with Gasteiger partial charge in [0.2, 0.25) is 0 Å². The highest BCUT2D eigenvalue weighted by molar-refractivity contribution is 9.10. The molecule has 1 saturated heterocycles. The number of para-hydroxylation sites is 1. The Bertz CT molecular complexity index is 626. The molecular weight excluding hydrogens is 324 g/mol. The minimum Gasteiger partial charge on any atom is -0.368 e. The molecule has 1 heterocycles.